The molecule has 0 bridgehead atoms. The maximum Gasteiger partial charge on any atom is 0.327 e. The van der Waals surface area contributed by atoms with E-state index < -0.39 is 12.0 Å². The molecule has 14 heavy (non-hydrogen) atoms. The van der Waals surface area contributed by atoms with Crippen LogP contribution in [0.2, 0.25) is 10.0 Å². The maximum absolute atomic E-state index is 11.1. The number of nitrogens with two attached hydrogens (primary N) is 1. The molecule has 0 radical (unpaired) electrons. The van der Waals surface area contributed by atoms with E-state index in [2.05, 4.69) is 4.74 Å². The predicted molar refractivity (Wildman–Crippen MR) is 55.4 cm³/mol. The second-order valence-electron chi connectivity index (χ2n) is 2.67. The van der Waals surface area contributed by atoms with Crippen molar-refractivity contribution in [1.29, 1.82) is 0 Å². The molecule has 0 aliphatic rings. The molecule has 1 aromatic carbocycles. The van der Waals surface area contributed by atoms with Crippen LogP contribution in [-0.4, -0.2) is 13.1 Å². The van der Waals surface area contributed by atoms with E-state index in [9.17, 15) is 4.79 Å². The minimum Gasteiger partial charge on any atom is -0.468 e. The number of esters is 1. The Morgan fingerprint density at radius 1 is 1.50 bits per heavy atom. The number of halogens is 2. The van der Waals surface area contributed by atoms with E-state index in [-0.39, 0.29) is 0 Å². The monoisotopic (exact) mass is 233 g/mol. The first-order valence-electron chi connectivity index (χ1n) is 3.84. The topological polar surface area (TPSA) is 52.3 Å². The van der Waals surface area contributed by atoms with Gasteiger partial charge in [0, 0.05) is 10.0 Å². The number of hydrogen-bond donors (Lipinski definition) is 1. The number of benzene rings is 1. The summed E-state index contributed by atoms with van der Waals surface area (Å²) in [4.78, 5) is 11.1. The molecule has 0 saturated carbocycles. The fourth-order valence-corrected chi connectivity index (χ4v) is 1.53. The van der Waals surface area contributed by atoms with Crippen LogP contribution in [-0.2, 0) is 9.53 Å². The van der Waals surface area contributed by atoms with Crippen LogP contribution in [0.5, 0.6) is 0 Å². The summed E-state index contributed by atoms with van der Waals surface area (Å²) < 4.78 is 4.50. The Morgan fingerprint density at radius 2 is 2.14 bits per heavy atom. The minimum absolute atomic E-state index is 0.357. The quantitative estimate of drug-likeness (QED) is 0.797. The summed E-state index contributed by atoms with van der Waals surface area (Å²) in [5.41, 5.74) is 6.10. The molecule has 1 aromatic rings. The van der Waals surface area contributed by atoms with Gasteiger partial charge in [0.25, 0.3) is 0 Å². The SMILES string of the molecule is COC(=O)C(N)c1ccc(Cl)cc1Cl. The molecule has 2 N–H and O–H groups in total. The smallest absolute Gasteiger partial charge is 0.327 e. The van der Waals surface area contributed by atoms with Crippen LogP contribution < -0.4 is 5.73 Å². The highest BCUT2D eigenvalue weighted by molar-refractivity contribution is 6.35. The molecule has 3 nitrogen and oxygen atoms in total. The van der Waals surface area contributed by atoms with Crippen LogP contribution >= 0.6 is 23.2 Å². The zero-order chi connectivity index (χ0) is 10.7. The van der Waals surface area contributed by atoms with Gasteiger partial charge in [0.15, 0.2) is 0 Å². The molecular formula is C9H9Cl2NO2. The van der Waals surface area contributed by atoms with Gasteiger partial charge in [0.05, 0.1) is 7.11 Å². The van der Waals surface area contributed by atoms with Crippen LogP contribution in [0, 0.1) is 0 Å². The van der Waals surface area contributed by atoms with E-state index in [1.807, 2.05) is 0 Å². The van der Waals surface area contributed by atoms with E-state index in [0.717, 1.165) is 0 Å². The Balaban J connectivity index is 3.01. The molecule has 0 saturated heterocycles. The lowest BCUT2D eigenvalue weighted by Gasteiger charge is -2.11. The largest absolute Gasteiger partial charge is 0.468 e. The zero-order valence-corrected chi connectivity index (χ0v) is 8.97. The Labute approximate surface area is 91.7 Å². The lowest BCUT2D eigenvalue weighted by molar-refractivity contribution is -0.142. The predicted octanol–water partition coefficient (Wildman–Crippen LogP) is 2.17. The molecule has 0 fully saturated rings. The van der Waals surface area contributed by atoms with Gasteiger partial charge in [0.2, 0.25) is 0 Å². The van der Waals surface area contributed by atoms with E-state index in [4.69, 9.17) is 28.9 Å². The Hall–Kier alpha value is -0.770. The van der Waals surface area contributed by atoms with E-state index >= 15 is 0 Å². The third-order valence-electron chi connectivity index (χ3n) is 1.75. The van der Waals surface area contributed by atoms with Crippen molar-refractivity contribution in [2.75, 3.05) is 7.11 Å². The second-order valence-corrected chi connectivity index (χ2v) is 3.51. The summed E-state index contributed by atoms with van der Waals surface area (Å²) in [6, 6.07) is 3.88. The van der Waals surface area contributed by atoms with E-state index in [0.29, 0.717) is 15.6 Å². The van der Waals surface area contributed by atoms with Crippen molar-refractivity contribution in [3.63, 3.8) is 0 Å². The normalized spacial score (nSPS) is 12.3. The average Bonchev–Trinajstić information content (AvgIpc) is 2.15. The highest BCUT2D eigenvalue weighted by Crippen LogP contribution is 2.25. The molecule has 0 heterocycles. The number of methoxy groups -OCH3 is 1. The first-order chi connectivity index (χ1) is 6.56. The van der Waals surface area contributed by atoms with Gasteiger partial charge >= 0.3 is 5.97 Å². The molecule has 1 atom stereocenters. The molecule has 76 valence electrons. The fraction of sp³-hybridized carbons (Fsp3) is 0.222. The number of carbonyl (C=O) groups excluding carboxylic acids is 1. The van der Waals surface area contributed by atoms with Gasteiger partial charge in [0.1, 0.15) is 6.04 Å². The summed E-state index contributed by atoms with van der Waals surface area (Å²) >= 11 is 11.5. The van der Waals surface area contributed by atoms with Crippen molar-refractivity contribution in [3.8, 4) is 0 Å². The molecule has 1 unspecified atom stereocenters. The van der Waals surface area contributed by atoms with Gasteiger partial charge in [-0.3, -0.25) is 4.79 Å². The standard InChI is InChI=1S/C9H9Cl2NO2/c1-14-9(13)8(12)6-3-2-5(10)4-7(6)11/h2-4,8H,12H2,1H3. The number of carbonyl (C=O) groups is 1. The van der Waals surface area contributed by atoms with Gasteiger partial charge < -0.3 is 10.5 Å². The third-order valence-corrected chi connectivity index (χ3v) is 2.32. The van der Waals surface area contributed by atoms with Crippen molar-refractivity contribution in [3.05, 3.63) is 33.8 Å². The van der Waals surface area contributed by atoms with Crippen molar-refractivity contribution in [1.82, 2.24) is 0 Å². The van der Waals surface area contributed by atoms with Gasteiger partial charge in [-0.25, -0.2) is 0 Å². The Morgan fingerprint density at radius 3 is 2.64 bits per heavy atom. The third kappa shape index (κ3) is 2.38. The van der Waals surface area contributed by atoms with Crippen molar-refractivity contribution < 1.29 is 9.53 Å². The lowest BCUT2D eigenvalue weighted by atomic mass is 10.1. The summed E-state index contributed by atoms with van der Waals surface area (Å²) in [5, 5.41) is 0.853. The van der Waals surface area contributed by atoms with Gasteiger partial charge in [-0.05, 0) is 17.7 Å². The Kier molecular flexibility index (Phi) is 3.75. The van der Waals surface area contributed by atoms with Crippen molar-refractivity contribution >= 4 is 29.2 Å². The summed E-state index contributed by atoms with van der Waals surface area (Å²) in [7, 11) is 1.27. The van der Waals surface area contributed by atoms with Crippen LogP contribution in [0.3, 0.4) is 0 Å². The first-order valence-corrected chi connectivity index (χ1v) is 4.60. The maximum atomic E-state index is 11.1. The molecular weight excluding hydrogens is 225 g/mol. The number of ether oxygens (including phenoxy) is 1. The molecule has 0 aromatic heterocycles. The zero-order valence-electron chi connectivity index (χ0n) is 7.46. The first kappa shape index (κ1) is 11.3. The molecule has 0 amide bonds. The van der Waals surface area contributed by atoms with E-state index in [1.54, 1.807) is 12.1 Å². The Bertz CT molecular complexity index is 355. The average molecular weight is 234 g/mol. The van der Waals surface area contributed by atoms with Crippen molar-refractivity contribution in [2.24, 2.45) is 5.73 Å². The fourth-order valence-electron chi connectivity index (χ4n) is 1.01. The minimum atomic E-state index is -0.871. The molecule has 5 heteroatoms. The second kappa shape index (κ2) is 4.64. The van der Waals surface area contributed by atoms with E-state index in [1.165, 1.54) is 13.2 Å². The molecule has 0 aliphatic heterocycles. The van der Waals surface area contributed by atoms with Crippen LogP contribution in [0.4, 0.5) is 0 Å². The molecule has 0 spiro atoms. The van der Waals surface area contributed by atoms with Crippen molar-refractivity contribution in [2.45, 2.75) is 6.04 Å². The van der Waals surface area contributed by atoms with Crippen LogP contribution in [0.1, 0.15) is 11.6 Å². The van der Waals surface area contributed by atoms with Gasteiger partial charge in [-0.1, -0.05) is 29.3 Å². The summed E-state index contributed by atoms with van der Waals surface area (Å²) in [6.07, 6.45) is 0. The number of rotatable bonds is 2. The molecule has 1 rings (SSSR count). The van der Waals surface area contributed by atoms with Crippen LogP contribution in [0.15, 0.2) is 18.2 Å². The van der Waals surface area contributed by atoms with Gasteiger partial charge in [-0.2, -0.15) is 0 Å². The summed E-state index contributed by atoms with van der Waals surface area (Å²) in [5.74, 6) is -0.533. The number of hydrogen-bond acceptors (Lipinski definition) is 3. The highest BCUT2D eigenvalue weighted by Gasteiger charge is 2.18. The van der Waals surface area contributed by atoms with Crippen LogP contribution in [0.25, 0.3) is 0 Å². The lowest BCUT2D eigenvalue weighted by Crippen LogP contribution is -2.22. The highest BCUT2D eigenvalue weighted by atomic mass is 35.5. The van der Waals surface area contributed by atoms with Gasteiger partial charge in [-0.15, -0.1) is 0 Å². The summed E-state index contributed by atoms with van der Waals surface area (Å²) in [6.45, 7) is 0. The molecule has 0 aliphatic carbocycles.